The average Bonchev–Trinajstić information content (AvgIpc) is 2.48. The molecule has 1 nitrogen and oxygen atoms in total. The molecule has 94 valence electrons. The maximum atomic E-state index is 3.55. The highest BCUT2D eigenvalue weighted by Crippen LogP contribution is 2.23. The van der Waals surface area contributed by atoms with Gasteiger partial charge in [0.25, 0.3) is 0 Å². The maximum Gasteiger partial charge on any atom is 0.0485 e. The van der Waals surface area contributed by atoms with Gasteiger partial charge < -0.3 is 5.32 Å². The minimum atomic E-state index is 0.308. The second-order valence-corrected chi connectivity index (χ2v) is 4.84. The summed E-state index contributed by atoms with van der Waals surface area (Å²) in [6.45, 7) is 2.19. The van der Waals surface area contributed by atoms with Gasteiger partial charge in [0, 0.05) is 11.7 Å². The number of benzene rings is 3. The van der Waals surface area contributed by atoms with Crippen LogP contribution in [0.1, 0.15) is 18.5 Å². The van der Waals surface area contributed by atoms with E-state index in [0.717, 1.165) is 5.69 Å². The van der Waals surface area contributed by atoms with E-state index in [1.807, 2.05) is 6.07 Å². The molecule has 0 aliphatic carbocycles. The van der Waals surface area contributed by atoms with Gasteiger partial charge in [-0.1, -0.05) is 60.7 Å². The minimum Gasteiger partial charge on any atom is -0.379 e. The third-order valence-electron chi connectivity index (χ3n) is 3.43. The zero-order chi connectivity index (χ0) is 13.1. The molecule has 0 unspecified atom stereocenters. The number of hydrogen-bond acceptors (Lipinski definition) is 1. The lowest BCUT2D eigenvalue weighted by atomic mass is 10.1. The molecule has 0 spiro atoms. The molecule has 1 heteroatoms. The van der Waals surface area contributed by atoms with Crippen molar-refractivity contribution < 1.29 is 0 Å². The zero-order valence-corrected chi connectivity index (χ0v) is 11.0. The van der Waals surface area contributed by atoms with Gasteiger partial charge in [0.15, 0.2) is 0 Å². The van der Waals surface area contributed by atoms with E-state index in [-0.39, 0.29) is 0 Å². The number of fused-ring (bicyclic) bond motifs is 1. The Morgan fingerprint density at radius 3 is 2.21 bits per heavy atom. The molecule has 0 amide bonds. The molecule has 1 atom stereocenters. The highest BCUT2D eigenvalue weighted by atomic mass is 14.9. The summed E-state index contributed by atoms with van der Waals surface area (Å²) < 4.78 is 0. The maximum absolute atomic E-state index is 3.55. The molecule has 1 N–H and O–H groups in total. The Hall–Kier alpha value is -2.28. The Morgan fingerprint density at radius 2 is 1.42 bits per heavy atom. The van der Waals surface area contributed by atoms with E-state index in [4.69, 9.17) is 0 Å². The van der Waals surface area contributed by atoms with Crippen LogP contribution in [0.3, 0.4) is 0 Å². The average molecular weight is 247 g/mol. The van der Waals surface area contributed by atoms with Gasteiger partial charge in [0.05, 0.1) is 0 Å². The predicted octanol–water partition coefficient (Wildman–Crippen LogP) is 5.01. The van der Waals surface area contributed by atoms with Crippen LogP contribution < -0.4 is 5.32 Å². The lowest BCUT2D eigenvalue weighted by Crippen LogP contribution is -2.06. The quantitative estimate of drug-likeness (QED) is 0.685. The number of nitrogens with one attached hydrogen (secondary N) is 1. The van der Waals surface area contributed by atoms with Crippen LogP contribution in [-0.2, 0) is 0 Å². The topological polar surface area (TPSA) is 12.0 Å². The van der Waals surface area contributed by atoms with Gasteiger partial charge in [0.2, 0.25) is 0 Å². The summed E-state index contributed by atoms with van der Waals surface area (Å²) in [6, 6.07) is 25.8. The van der Waals surface area contributed by atoms with E-state index in [9.17, 15) is 0 Å². The number of hydrogen-bond donors (Lipinski definition) is 1. The van der Waals surface area contributed by atoms with Crippen LogP contribution in [0, 0.1) is 0 Å². The van der Waals surface area contributed by atoms with Crippen molar-refractivity contribution in [2.45, 2.75) is 13.0 Å². The SMILES string of the molecule is C[C@H](Nc1ccc2ccccc2c1)c1ccccc1. The monoisotopic (exact) mass is 247 g/mol. The van der Waals surface area contributed by atoms with Crippen molar-refractivity contribution in [2.24, 2.45) is 0 Å². The Morgan fingerprint density at radius 1 is 0.737 bits per heavy atom. The lowest BCUT2D eigenvalue weighted by molar-refractivity contribution is 0.885. The van der Waals surface area contributed by atoms with E-state index in [1.165, 1.54) is 16.3 Å². The highest BCUT2D eigenvalue weighted by Gasteiger charge is 2.04. The summed E-state index contributed by atoms with van der Waals surface area (Å²) in [5.74, 6) is 0. The van der Waals surface area contributed by atoms with Crippen LogP contribution >= 0.6 is 0 Å². The van der Waals surface area contributed by atoms with Gasteiger partial charge in [-0.15, -0.1) is 0 Å². The third kappa shape index (κ3) is 2.60. The Bertz CT molecular complexity index is 673. The number of anilines is 1. The Kier molecular flexibility index (Phi) is 3.20. The smallest absolute Gasteiger partial charge is 0.0485 e. The van der Waals surface area contributed by atoms with Crippen molar-refractivity contribution >= 4 is 16.5 Å². The predicted molar refractivity (Wildman–Crippen MR) is 82.4 cm³/mol. The molecule has 0 radical (unpaired) electrons. The van der Waals surface area contributed by atoms with Crippen molar-refractivity contribution in [1.82, 2.24) is 0 Å². The largest absolute Gasteiger partial charge is 0.379 e. The van der Waals surface area contributed by atoms with Crippen molar-refractivity contribution in [2.75, 3.05) is 5.32 Å². The van der Waals surface area contributed by atoms with Gasteiger partial charge in [0.1, 0.15) is 0 Å². The van der Waals surface area contributed by atoms with Gasteiger partial charge in [-0.25, -0.2) is 0 Å². The molecule has 0 aromatic heterocycles. The van der Waals surface area contributed by atoms with Gasteiger partial charge in [-0.3, -0.25) is 0 Å². The molecule has 0 saturated carbocycles. The second kappa shape index (κ2) is 5.15. The van der Waals surface area contributed by atoms with E-state index in [1.54, 1.807) is 0 Å². The first kappa shape index (κ1) is 11.8. The van der Waals surface area contributed by atoms with Crippen LogP contribution in [0.25, 0.3) is 10.8 Å². The van der Waals surface area contributed by atoms with Crippen molar-refractivity contribution in [3.05, 3.63) is 78.4 Å². The first-order valence-corrected chi connectivity index (χ1v) is 6.63. The Balaban J connectivity index is 1.85. The molecule has 3 aromatic rings. The number of rotatable bonds is 3. The molecule has 0 fully saturated rings. The summed E-state index contributed by atoms with van der Waals surface area (Å²) in [4.78, 5) is 0. The van der Waals surface area contributed by atoms with Crippen molar-refractivity contribution in [3.63, 3.8) is 0 Å². The van der Waals surface area contributed by atoms with Crippen LogP contribution in [0.2, 0.25) is 0 Å². The molecule has 0 aliphatic heterocycles. The van der Waals surface area contributed by atoms with E-state index >= 15 is 0 Å². The summed E-state index contributed by atoms with van der Waals surface area (Å²) in [5.41, 5.74) is 2.46. The van der Waals surface area contributed by atoms with Crippen LogP contribution in [0.15, 0.2) is 72.8 Å². The molecular weight excluding hydrogens is 230 g/mol. The van der Waals surface area contributed by atoms with E-state index in [2.05, 4.69) is 79.0 Å². The molecule has 19 heavy (non-hydrogen) atoms. The van der Waals surface area contributed by atoms with Crippen LogP contribution in [0.4, 0.5) is 5.69 Å². The molecule has 0 bridgehead atoms. The standard InChI is InChI=1S/C18H17N/c1-14(15-7-3-2-4-8-15)19-18-12-11-16-9-5-6-10-17(16)13-18/h2-14,19H,1H3/t14-/m0/s1. The normalized spacial score (nSPS) is 12.3. The van der Waals surface area contributed by atoms with Gasteiger partial charge >= 0.3 is 0 Å². The molecule has 3 aromatic carbocycles. The summed E-state index contributed by atoms with van der Waals surface area (Å²) in [5, 5.41) is 6.10. The molecule has 3 rings (SSSR count). The fourth-order valence-corrected chi connectivity index (χ4v) is 2.35. The lowest BCUT2D eigenvalue weighted by Gasteiger charge is -2.16. The summed E-state index contributed by atoms with van der Waals surface area (Å²) >= 11 is 0. The van der Waals surface area contributed by atoms with Crippen molar-refractivity contribution in [3.8, 4) is 0 Å². The summed E-state index contributed by atoms with van der Waals surface area (Å²) in [7, 11) is 0. The second-order valence-electron chi connectivity index (χ2n) is 4.84. The molecular formula is C18H17N. The van der Waals surface area contributed by atoms with Crippen LogP contribution in [0.5, 0.6) is 0 Å². The van der Waals surface area contributed by atoms with Gasteiger partial charge in [-0.05, 0) is 35.4 Å². The Labute approximate surface area is 113 Å². The van der Waals surface area contributed by atoms with Crippen LogP contribution in [-0.4, -0.2) is 0 Å². The molecule has 0 heterocycles. The zero-order valence-electron chi connectivity index (χ0n) is 11.0. The first-order valence-electron chi connectivity index (χ1n) is 6.63. The fraction of sp³-hybridized carbons (Fsp3) is 0.111. The minimum absolute atomic E-state index is 0.308. The molecule has 0 aliphatic rings. The van der Waals surface area contributed by atoms with Crippen molar-refractivity contribution in [1.29, 1.82) is 0 Å². The first-order chi connectivity index (χ1) is 9.33. The summed E-state index contributed by atoms with van der Waals surface area (Å²) in [6.07, 6.45) is 0. The van der Waals surface area contributed by atoms with E-state index in [0.29, 0.717) is 6.04 Å². The highest BCUT2D eigenvalue weighted by molar-refractivity contribution is 5.85. The fourth-order valence-electron chi connectivity index (χ4n) is 2.35. The van der Waals surface area contributed by atoms with E-state index < -0.39 is 0 Å². The third-order valence-corrected chi connectivity index (χ3v) is 3.43. The molecule has 0 saturated heterocycles. The van der Waals surface area contributed by atoms with Gasteiger partial charge in [-0.2, -0.15) is 0 Å².